The lowest BCUT2D eigenvalue weighted by atomic mass is 10.2. The van der Waals surface area contributed by atoms with E-state index in [1.165, 1.54) is 24.8 Å². The second-order valence-electron chi connectivity index (χ2n) is 3.84. The quantitative estimate of drug-likeness (QED) is 0.771. The standard InChI is InChI=1S/C13H20BrNO/c1-3-4-5-8-15-10-11-9-12(14)6-7-13(11)16-2/h6-7,9,15H,3-5,8,10H2,1-2H3. The molecule has 1 aromatic rings. The number of ether oxygens (including phenoxy) is 1. The molecule has 0 radical (unpaired) electrons. The van der Waals surface area contributed by atoms with Gasteiger partial charge < -0.3 is 10.1 Å². The molecule has 0 bridgehead atoms. The Morgan fingerprint density at radius 1 is 1.31 bits per heavy atom. The van der Waals surface area contributed by atoms with Crippen LogP contribution in [0.5, 0.6) is 5.75 Å². The van der Waals surface area contributed by atoms with Gasteiger partial charge in [-0.3, -0.25) is 0 Å². The Labute approximate surface area is 107 Å². The molecule has 0 atom stereocenters. The first-order valence-corrected chi connectivity index (χ1v) is 6.60. The zero-order valence-corrected chi connectivity index (χ0v) is 11.6. The van der Waals surface area contributed by atoms with Crippen LogP contribution >= 0.6 is 15.9 Å². The Balaban J connectivity index is 2.42. The summed E-state index contributed by atoms with van der Waals surface area (Å²) in [5, 5.41) is 3.44. The predicted octanol–water partition coefficient (Wildman–Crippen LogP) is 3.74. The van der Waals surface area contributed by atoms with Crippen molar-refractivity contribution < 1.29 is 4.74 Å². The van der Waals surface area contributed by atoms with Gasteiger partial charge in [-0.2, -0.15) is 0 Å². The van der Waals surface area contributed by atoms with Gasteiger partial charge in [0.15, 0.2) is 0 Å². The highest BCUT2D eigenvalue weighted by molar-refractivity contribution is 9.10. The van der Waals surface area contributed by atoms with Gasteiger partial charge in [0.2, 0.25) is 0 Å². The predicted molar refractivity (Wildman–Crippen MR) is 71.9 cm³/mol. The number of benzene rings is 1. The summed E-state index contributed by atoms with van der Waals surface area (Å²) in [6, 6.07) is 6.10. The number of rotatable bonds is 7. The Kier molecular flexibility index (Phi) is 6.50. The van der Waals surface area contributed by atoms with Crippen molar-refractivity contribution in [3.63, 3.8) is 0 Å². The minimum absolute atomic E-state index is 0.867. The highest BCUT2D eigenvalue weighted by atomic mass is 79.9. The Morgan fingerprint density at radius 3 is 2.81 bits per heavy atom. The lowest BCUT2D eigenvalue weighted by Crippen LogP contribution is -2.15. The Hall–Kier alpha value is -0.540. The average molecular weight is 286 g/mol. The van der Waals surface area contributed by atoms with Crippen molar-refractivity contribution in [2.75, 3.05) is 13.7 Å². The van der Waals surface area contributed by atoms with E-state index in [1.807, 2.05) is 12.1 Å². The average Bonchev–Trinajstić information content (AvgIpc) is 2.29. The molecule has 0 spiro atoms. The first-order chi connectivity index (χ1) is 7.77. The van der Waals surface area contributed by atoms with Gasteiger partial charge in [-0.25, -0.2) is 0 Å². The summed E-state index contributed by atoms with van der Waals surface area (Å²) in [6.07, 6.45) is 3.80. The zero-order valence-electron chi connectivity index (χ0n) is 10.1. The van der Waals surface area contributed by atoms with Gasteiger partial charge in [-0.1, -0.05) is 35.7 Å². The van der Waals surface area contributed by atoms with E-state index < -0.39 is 0 Å². The fourth-order valence-corrected chi connectivity index (χ4v) is 2.02. The fraction of sp³-hybridized carbons (Fsp3) is 0.538. The maximum absolute atomic E-state index is 5.32. The summed E-state index contributed by atoms with van der Waals surface area (Å²) in [4.78, 5) is 0. The van der Waals surface area contributed by atoms with E-state index in [-0.39, 0.29) is 0 Å². The van der Waals surface area contributed by atoms with Gasteiger partial charge in [0.1, 0.15) is 5.75 Å². The first-order valence-electron chi connectivity index (χ1n) is 5.81. The number of unbranched alkanes of at least 4 members (excludes halogenated alkanes) is 2. The van der Waals surface area contributed by atoms with Gasteiger partial charge in [0, 0.05) is 16.6 Å². The van der Waals surface area contributed by atoms with Crippen LogP contribution in [0.15, 0.2) is 22.7 Å². The molecule has 0 fully saturated rings. The fourth-order valence-electron chi connectivity index (χ4n) is 1.61. The molecule has 0 saturated heterocycles. The maximum Gasteiger partial charge on any atom is 0.123 e. The molecular weight excluding hydrogens is 266 g/mol. The molecule has 0 aliphatic carbocycles. The first kappa shape index (κ1) is 13.5. The number of hydrogen-bond donors (Lipinski definition) is 1. The largest absolute Gasteiger partial charge is 0.496 e. The lowest BCUT2D eigenvalue weighted by molar-refractivity contribution is 0.407. The van der Waals surface area contributed by atoms with Crippen molar-refractivity contribution in [1.29, 1.82) is 0 Å². The summed E-state index contributed by atoms with van der Waals surface area (Å²) >= 11 is 3.48. The van der Waals surface area contributed by atoms with Crippen LogP contribution in [-0.4, -0.2) is 13.7 Å². The minimum Gasteiger partial charge on any atom is -0.496 e. The monoisotopic (exact) mass is 285 g/mol. The third kappa shape index (κ3) is 4.54. The lowest BCUT2D eigenvalue weighted by Gasteiger charge is -2.10. The van der Waals surface area contributed by atoms with Gasteiger partial charge >= 0.3 is 0 Å². The van der Waals surface area contributed by atoms with Crippen LogP contribution in [-0.2, 0) is 6.54 Å². The number of hydrogen-bond acceptors (Lipinski definition) is 2. The number of methoxy groups -OCH3 is 1. The molecule has 0 saturated carbocycles. The van der Waals surface area contributed by atoms with Crippen LogP contribution in [0, 0.1) is 0 Å². The van der Waals surface area contributed by atoms with Gasteiger partial charge in [0.05, 0.1) is 7.11 Å². The van der Waals surface area contributed by atoms with E-state index in [0.717, 1.165) is 23.3 Å². The summed E-state index contributed by atoms with van der Waals surface area (Å²) in [5.41, 5.74) is 1.20. The van der Waals surface area contributed by atoms with Gasteiger partial charge in [-0.05, 0) is 31.2 Å². The van der Waals surface area contributed by atoms with Crippen molar-refractivity contribution in [3.05, 3.63) is 28.2 Å². The molecule has 1 N–H and O–H groups in total. The molecular formula is C13H20BrNO. The van der Waals surface area contributed by atoms with Crippen molar-refractivity contribution >= 4 is 15.9 Å². The van der Waals surface area contributed by atoms with E-state index in [0.29, 0.717) is 0 Å². The Morgan fingerprint density at radius 2 is 2.12 bits per heavy atom. The summed E-state index contributed by atoms with van der Waals surface area (Å²) in [7, 11) is 1.71. The molecule has 0 unspecified atom stereocenters. The summed E-state index contributed by atoms with van der Waals surface area (Å²) < 4.78 is 6.41. The molecule has 3 heteroatoms. The normalized spacial score (nSPS) is 10.4. The van der Waals surface area contributed by atoms with Crippen molar-refractivity contribution in [3.8, 4) is 5.75 Å². The second-order valence-corrected chi connectivity index (χ2v) is 4.76. The number of halogens is 1. The summed E-state index contributed by atoms with van der Waals surface area (Å²) in [6.45, 7) is 4.16. The van der Waals surface area contributed by atoms with E-state index in [9.17, 15) is 0 Å². The molecule has 0 amide bonds. The van der Waals surface area contributed by atoms with E-state index >= 15 is 0 Å². The molecule has 90 valence electrons. The van der Waals surface area contributed by atoms with Crippen LogP contribution in [0.25, 0.3) is 0 Å². The van der Waals surface area contributed by atoms with Crippen LogP contribution in [0.4, 0.5) is 0 Å². The SMILES string of the molecule is CCCCCNCc1cc(Br)ccc1OC. The van der Waals surface area contributed by atoms with Crippen LogP contribution in [0.3, 0.4) is 0 Å². The van der Waals surface area contributed by atoms with Crippen LogP contribution in [0.1, 0.15) is 31.7 Å². The third-order valence-electron chi connectivity index (χ3n) is 2.52. The van der Waals surface area contributed by atoms with Gasteiger partial charge in [0.25, 0.3) is 0 Å². The maximum atomic E-state index is 5.32. The molecule has 0 aromatic heterocycles. The summed E-state index contributed by atoms with van der Waals surface area (Å²) in [5.74, 6) is 0.950. The molecule has 0 aliphatic rings. The molecule has 0 heterocycles. The second kappa shape index (κ2) is 7.69. The van der Waals surface area contributed by atoms with Crippen molar-refractivity contribution in [2.24, 2.45) is 0 Å². The minimum atomic E-state index is 0.867. The van der Waals surface area contributed by atoms with E-state index in [2.05, 4.69) is 34.2 Å². The highest BCUT2D eigenvalue weighted by Crippen LogP contribution is 2.22. The van der Waals surface area contributed by atoms with Crippen molar-refractivity contribution in [1.82, 2.24) is 5.32 Å². The van der Waals surface area contributed by atoms with E-state index in [4.69, 9.17) is 4.74 Å². The Bertz CT molecular complexity index is 315. The zero-order chi connectivity index (χ0) is 11.8. The molecule has 16 heavy (non-hydrogen) atoms. The molecule has 1 aromatic carbocycles. The molecule has 1 rings (SSSR count). The van der Waals surface area contributed by atoms with E-state index in [1.54, 1.807) is 7.11 Å². The molecule has 0 aliphatic heterocycles. The van der Waals surface area contributed by atoms with Crippen LogP contribution < -0.4 is 10.1 Å². The van der Waals surface area contributed by atoms with Gasteiger partial charge in [-0.15, -0.1) is 0 Å². The smallest absolute Gasteiger partial charge is 0.123 e. The number of nitrogens with one attached hydrogen (secondary N) is 1. The molecule has 2 nitrogen and oxygen atoms in total. The van der Waals surface area contributed by atoms with Crippen molar-refractivity contribution in [2.45, 2.75) is 32.7 Å². The topological polar surface area (TPSA) is 21.3 Å². The third-order valence-corrected chi connectivity index (χ3v) is 3.01. The highest BCUT2D eigenvalue weighted by Gasteiger charge is 2.02. The van der Waals surface area contributed by atoms with Crippen LogP contribution in [0.2, 0.25) is 0 Å².